The van der Waals surface area contributed by atoms with Crippen LogP contribution in [0.15, 0.2) is 0 Å². The van der Waals surface area contributed by atoms with Crippen molar-refractivity contribution in [1.82, 2.24) is 16.0 Å². The van der Waals surface area contributed by atoms with Crippen molar-refractivity contribution in [3.05, 3.63) is 0 Å². The van der Waals surface area contributed by atoms with E-state index in [9.17, 15) is 0 Å². The first-order valence-corrected chi connectivity index (χ1v) is 7.03. The van der Waals surface area contributed by atoms with E-state index in [-0.39, 0.29) is 0 Å². The van der Waals surface area contributed by atoms with Gasteiger partial charge >= 0.3 is 10.4 Å². The summed E-state index contributed by atoms with van der Waals surface area (Å²) in [5.74, 6) is 0. The molecule has 0 unspecified atom stereocenters. The zero-order chi connectivity index (χ0) is 14.3. The van der Waals surface area contributed by atoms with Gasteiger partial charge in [-0.3, -0.25) is 9.11 Å². The second kappa shape index (κ2) is 14.7. The van der Waals surface area contributed by atoms with E-state index >= 15 is 0 Å². The maximum Gasteiger partial charge on any atom is 0.394 e. The summed E-state index contributed by atoms with van der Waals surface area (Å²) in [6.07, 6.45) is 0. The van der Waals surface area contributed by atoms with Crippen LogP contribution < -0.4 is 27.4 Å². The molecule has 0 amide bonds. The van der Waals surface area contributed by atoms with Crippen molar-refractivity contribution in [2.75, 3.05) is 52.4 Å². The molecule has 0 saturated heterocycles. The minimum atomic E-state index is -4.67. The minimum absolute atomic E-state index is 0.706. The molecule has 0 saturated carbocycles. The predicted molar refractivity (Wildman–Crippen MR) is 70.9 cm³/mol. The lowest BCUT2D eigenvalue weighted by Gasteiger charge is -2.06. The zero-order valence-electron chi connectivity index (χ0n) is 10.4. The van der Waals surface area contributed by atoms with Crippen LogP contribution in [0.3, 0.4) is 0 Å². The van der Waals surface area contributed by atoms with E-state index < -0.39 is 10.4 Å². The Hall–Kier alpha value is -0.330. The Kier molecular flexibility index (Phi) is 16.4. The van der Waals surface area contributed by atoms with Gasteiger partial charge in [0, 0.05) is 52.4 Å². The fraction of sp³-hybridized carbons (Fsp3) is 1.00. The molecule has 0 aliphatic rings. The van der Waals surface area contributed by atoms with Crippen molar-refractivity contribution in [2.45, 2.75) is 0 Å². The fourth-order valence-electron chi connectivity index (χ4n) is 0.933. The highest BCUT2D eigenvalue weighted by atomic mass is 32.3. The summed E-state index contributed by atoms with van der Waals surface area (Å²) in [5, 5.41) is 9.71. The van der Waals surface area contributed by atoms with E-state index in [1.165, 1.54) is 0 Å². The molecular formula is C8H25N5O4S. The Balaban J connectivity index is 0. The highest BCUT2D eigenvalue weighted by Crippen LogP contribution is 1.60. The maximum absolute atomic E-state index is 8.74. The first-order chi connectivity index (χ1) is 8.41. The zero-order valence-corrected chi connectivity index (χ0v) is 11.2. The second-order valence-corrected chi connectivity index (χ2v) is 4.17. The molecule has 0 bridgehead atoms. The average Bonchev–Trinajstić information content (AvgIpc) is 2.25. The van der Waals surface area contributed by atoms with Gasteiger partial charge in [-0.25, -0.2) is 0 Å². The van der Waals surface area contributed by atoms with E-state index in [4.69, 9.17) is 29.0 Å². The summed E-state index contributed by atoms with van der Waals surface area (Å²) in [6, 6.07) is 0. The van der Waals surface area contributed by atoms with Crippen molar-refractivity contribution in [3.63, 3.8) is 0 Å². The Morgan fingerprint density at radius 2 is 0.944 bits per heavy atom. The number of nitrogens with one attached hydrogen (secondary N) is 3. The highest BCUT2D eigenvalue weighted by molar-refractivity contribution is 7.79. The molecule has 18 heavy (non-hydrogen) atoms. The molecule has 0 fully saturated rings. The van der Waals surface area contributed by atoms with Crippen molar-refractivity contribution < 1.29 is 17.5 Å². The normalized spacial score (nSPS) is 10.9. The van der Waals surface area contributed by atoms with Gasteiger partial charge in [0.05, 0.1) is 0 Å². The van der Waals surface area contributed by atoms with Crippen molar-refractivity contribution in [1.29, 1.82) is 0 Å². The Bertz CT molecular complexity index is 232. The van der Waals surface area contributed by atoms with E-state index in [0.717, 1.165) is 39.3 Å². The standard InChI is InChI=1S/C8H23N5.H2O4S/c9-1-3-11-5-7-13-8-6-12-4-2-10;1-5(2,3)4/h11-13H,1-10H2;(H2,1,2,3,4). The fourth-order valence-corrected chi connectivity index (χ4v) is 0.933. The summed E-state index contributed by atoms with van der Waals surface area (Å²) >= 11 is 0. The number of hydrogen-bond acceptors (Lipinski definition) is 7. The van der Waals surface area contributed by atoms with Crippen LogP contribution in [-0.2, 0) is 10.4 Å². The van der Waals surface area contributed by atoms with E-state index in [1.807, 2.05) is 0 Å². The lowest BCUT2D eigenvalue weighted by molar-refractivity contribution is 0.381. The number of rotatable bonds is 10. The Morgan fingerprint density at radius 1 is 0.722 bits per heavy atom. The molecule has 0 rings (SSSR count). The van der Waals surface area contributed by atoms with Crippen molar-refractivity contribution >= 4 is 10.4 Å². The van der Waals surface area contributed by atoms with Gasteiger partial charge in [-0.15, -0.1) is 0 Å². The van der Waals surface area contributed by atoms with Gasteiger partial charge in [-0.1, -0.05) is 0 Å². The molecule has 0 aliphatic carbocycles. The van der Waals surface area contributed by atoms with Gasteiger partial charge in [0.1, 0.15) is 0 Å². The lowest BCUT2D eigenvalue weighted by Crippen LogP contribution is -2.35. The Labute approximate surface area is 108 Å². The molecule has 10 heteroatoms. The van der Waals surface area contributed by atoms with E-state index in [1.54, 1.807) is 0 Å². The van der Waals surface area contributed by atoms with Gasteiger partial charge in [-0.05, 0) is 0 Å². The first kappa shape index (κ1) is 20.0. The maximum atomic E-state index is 8.74. The molecule has 0 heterocycles. The van der Waals surface area contributed by atoms with Gasteiger partial charge in [0.2, 0.25) is 0 Å². The summed E-state index contributed by atoms with van der Waals surface area (Å²) in [5.41, 5.74) is 10.6. The van der Waals surface area contributed by atoms with Crippen molar-refractivity contribution in [2.24, 2.45) is 11.5 Å². The largest absolute Gasteiger partial charge is 0.394 e. The molecule has 0 aromatic rings. The van der Waals surface area contributed by atoms with E-state index in [0.29, 0.717) is 13.1 Å². The Morgan fingerprint density at radius 3 is 1.17 bits per heavy atom. The topological polar surface area (TPSA) is 163 Å². The molecule has 0 radical (unpaired) electrons. The third-order valence-corrected chi connectivity index (χ3v) is 1.60. The molecule has 0 aliphatic heterocycles. The predicted octanol–water partition coefficient (Wildman–Crippen LogP) is -2.98. The van der Waals surface area contributed by atoms with Crippen LogP contribution in [-0.4, -0.2) is 69.9 Å². The summed E-state index contributed by atoms with van der Waals surface area (Å²) in [7, 11) is -4.67. The quantitative estimate of drug-likeness (QED) is 0.164. The van der Waals surface area contributed by atoms with Gasteiger partial charge in [-0.2, -0.15) is 8.42 Å². The summed E-state index contributed by atoms with van der Waals surface area (Å²) in [6.45, 7) is 7.15. The molecule has 0 aromatic carbocycles. The molecule has 0 atom stereocenters. The molecular weight excluding hydrogens is 262 g/mol. The molecule has 112 valence electrons. The smallest absolute Gasteiger partial charge is 0.329 e. The summed E-state index contributed by atoms with van der Waals surface area (Å²) < 4.78 is 31.6. The SMILES string of the molecule is NCCNCCNCCNCCN.O=S(=O)(O)O. The van der Waals surface area contributed by atoms with Crippen LogP contribution in [0.1, 0.15) is 0 Å². The van der Waals surface area contributed by atoms with Crippen molar-refractivity contribution in [3.8, 4) is 0 Å². The molecule has 9 N–H and O–H groups in total. The van der Waals surface area contributed by atoms with Crippen LogP contribution in [0.4, 0.5) is 0 Å². The molecule has 0 spiro atoms. The van der Waals surface area contributed by atoms with Crippen LogP contribution in [0.5, 0.6) is 0 Å². The van der Waals surface area contributed by atoms with Crippen LogP contribution in [0.25, 0.3) is 0 Å². The van der Waals surface area contributed by atoms with Gasteiger partial charge in [0.25, 0.3) is 0 Å². The van der Waals surface area contributed by atoms with Crippen LogP contribution >= 0.6 is 0 Å². The van der Waals surface area contributed by atoms with Gasteiger partial charge < -0.3 is 27.4 Å². The number of nitrogens with two attached hydrogens (primary N) is 2. The monoisotopic (exact) mass is 287 g/mol. The average molecular weight is 287 g/mol. The lowest BCUT2D eigenvalue weighted by atomic mass is 10.5. The van der Waals surface area contributed by atoms with Crippen LogP contribution in [0.2, 0.25) is 0 Å². The third-order valence-electron chi connectivity index (χ3n) is 1.60. The third kappa shape index (κ3) is 36.1. The van der Waals surface area contributed by atoms with Crippen LogP contribution in [0, 0.1) is 0 Å². The highest BCUT2D eigenvalue weighted by Gasteiger charge is 1.87. The minimum Gasteiger partial charge on any atom is -0.329 e. The molecule has 9 nitrogen and oxygen atoms in total. The molecule has 0 aromatic heterocycles. The summed E-state index contributed by atoms with van der Waals surface area (Å²) in [4.78, 5) is 0. The van der Waals surface area contributed by atoms with E-state index in [2.05, 4.69) is 16.0 Å². The first-order valence-electron chi connectivity index (χ1n) is 5.64. The number of hydrogen-bond donors (Lipinski definition) is 7. The van der Waals surface area contributed by atoms with Gasteiger partial charge in [0.15, 0.2) is 0 Å². The second-order valence-electron chi connectivity index (χ2n) is 3.28.